The Morgan fingerprint density at radius 2 is 2.07 bits per heavy atom. The summed E-state index contributed by atoms with van der Waals surface area (Å²) in [4.78, 5) is 27.3. The largest absolute Gasteiger partial charge is 0.352 e. The van der Waals surface area contributed by atoms with Crippen LogP contribution < -0.4 is 5.32 Å². The zero-order chi connectivity index (χ0) is 19.6. The molecule has 27 heavy (non-hydrogen) atoms. The van der Waals surface area contributed by atoms with Gasteiger partial charge in [-0.25, -0.2) is 9.67 Å². The third kappa shape index (κ3) is 4.20. The molecule has 0 radical (unpaired) electrons. The smallest absolute Gasteiger partial charge is 0.273 e. The summed E-state index contributed by atoms with van der Waals surface area (Å²) in [6.07, 6.45) is 0.565. The molecule has 0 saturated carbocycles. The Balaban J connectivity index is 1.60. The van der Waals surface area contributed by atoms with Crippen molar-refractivity contribution in [3.05, 3.63) is 68.0 Å². The van der Waals surface area contributed by atoms with Gasteiger partial charge in [0, 0.05) is 41.2 Å². The van der Waals surface area contributed by atoms with Crippen molar-refractivity contribution in [2.24, 2.45) is 0 Å². The van der Waals surface area contributed by atoms with Crippen LogP contribution in [-0.4, -0.2) is 32.1 Å². The standard InChI is InChI=1S/C18H19N5O3S/c1-11-4-5-14(9-16(11)23(25)26)17(24)19-7-6-15-10-27-18(20-15)22-13(3)8-12(2)21-22/h4-5,8-10H,6-7H2,1-3H3,(H,19,24). The van der Waals surface area contributed by atoms with Crippen LogP contribution in [0.5, 0.6) is 0 Å². The number of carbonyl (C=O) groups is 1. The lowest BCUT2D eigenvalue weighted by Gasteiger charge is -2.05. The predicted octanol–water partition coefficient (Wildman–Crippen LogP) is 3.13. The Labute approximate surface area is 160 Å². The van der Waals surface area contributed by atoms with E-state index < -0.39 is 4.92 Å². The van der Waals surface area contributed by atoms with Crippen LogP contribution in [-0.2, 0) is 6.42 Å². The van der Waals surface area contributed by atoms with Gasteiger partial charge in [-0.15, -0.1) is 11.3 Å². The number of nitro benzene ring substituents is 1. The van der Waals surface area contributed by atoms with Crippen LogP contribution in [0.1, 0.15) is 33.0 Å². The number of nitrogens with zero attached hydrogens (tertiary/aromatic N) is 4. The minimum absolute atomic E-state index is 0.0586. The first-order chi connectivity index (χ1) is 12.8. The second-order valence-corrected chi connectivity index (χ2v) is 7.06. The van der Waals surface area contributed by atoms with Crippen molar-refractivity contribution < 1.29 is 9.72 Å². The Morgan fingerprint density at radius 3 is 2.74 bits per heavy atom. The number of hydrogen-bond acceptors (Lipinski definition) is 6. The lowest BCUT2D eigenvalue weighted by Crippen LogP contribution is -2.25. The molecule has 140 valence electrons. The van der Waals surface area contributed by atoms with Gasteiger partial charge < -0.3 is 5.32 Å². The van der Waals surface area contributed by atoms with Crippen LogP contribution in [0.3, 0.4) is 0 Å². The lowest BCUT2D eigenvalue weighted by atomic mass is 10.1. The number of aryl methyl sites for hydroxylation is 3. The van der Waals surface area contributed by atoms with E-state index >= 15 is 0 Å². The van der Waals surface area contributed by atoms with Gasteiger partial charge in [-0.05, 0) is 32.9 Å². The van der Waals surface area contributed by atoms with E-state index in [1.807, 2.05) is 25.3 Å². The van der Waals surface area contributed by atoms with Gasteiger partial charge >= 0.3 is 0 Å². The van der Waals surface area contributed by atoms with E-state index in [-0.39, 0.29) is 17.2 Å². The normalized spacial score (nSPS) is 10.8. The van der Waals surface area contributed by atoms with Crippen molar-refractivity contribution in [2.75, 3.05) is 6.54 Å². The van der Waals surface area contributed by atoms with Gasteiger partial charge in [-0.2, -0.15) is 5.10 Å². The molecule has 9 heteroatoms. The molecule has 8 nitrogen and oxygen atoms in total. The van der Waals surface area contributed by atoms with Crippen molar-refractivity contribution in [3.8, 4) is 5.13 Å². The SMILES string of the molecule is Cc1cc(C)n(-c2nc(CCNC(=O)c3ccc(C)c([N+](=O)[O-])c3)cs2)n1. The van der Waals surface area contributed by atoms with E-state index in [1.165, 1.54) is 17.4 Å². The van der Waals surface area contributed by atoms with Crippen molar-refractivity contribution in [2.45, 2.75) is 27.2 Å². The summed E-state index contributed by atoms with van der Waals surface area (Å²) in [7, 11) is 0. The lowest BCUT2D eigenvalue weighted by molar-refractivity contribution is -0.385. The number of thiazole rings is 1. The van der Waals surface area contributed by atoms with Gasteiger partial charge in [0.1, 0.15) is 0 Å². The van der Waals surface area contributed by atoms with Gasteiger partial charge in [-0.1, -0.05) is 6.07 Å². The summed E-state index contributed by atoms with van der Waals surface area (Å²) in [5.41, 5.74) is 3.55. The highest BCUT2D eigenvalue weighted by molar-refractivity contribution is 7.12. The first kappa shape index (κ1) is 18.7. The zero-order valence-electron chi connectivity index (χ0n) is 15.2. The summed E-state index contributed by atoms with van der Waals surface area (Å²) in [5.74, 6) is -0.341. The molecule has 2 aromatic heterocycles. The van der Waals surface area contributed by atoms with Gasteiger partial charge in [-0.3, -0.25) is 14.9 Å². The van der Waals surface area contributed by atoms with Crippen LogP contribution >= 0.6 is 11.3 Å². The first-order valence-corrected chi connectivity index (χ1v) is 9.24. The third-order valence-electron chi connectivity index (χ3n) is 4.07. The molecule has 2 heterocycles. The number of carbonyl (C=O) groups excluding carboxylic acids is 1. The fourth-order valence-corrected chi connectivity index (χ4v) is 3.55. The molecule has 0 aliphatic carbocycles. The fraction of sp³-hybridized carbons (Fsp3) is 0.278. The molecule has 1 N–H and O–H groups in total. The van der Waals surface area contributed by atoms with Gasteiger partial charge in [0.05, 0.1) is 16.3 Å². The number of nitro groups is 1. The van der Waals surface area contributed by atoms with Crippen LogP contribution in [0.2, 0.25) is 0 Å². The highest BCUT2D eigenvalue weighted by atomic mass is 32.1. The third-order valence-corrected chi connectivity index (χ3v) is 4.93. The Kier molecular flexibility index (Phi) is 5.31. The highest BCUT2D eigenvalue weighted by Crippen LogP contribution is 2.19. The van der Waals surface area contributed by atoms with Crippen LogP contribution in [0.15, 0.2) is 29.6 Å². The van der Waals surface area contributed by atoms with Crippen LogP contribution in [0.25, 0.3) is 5.13 Å². The number of rotatable bonds is 6. The second-order valence-electron chi connectivity index (χ2n) is 6.22. The van der Waals surface area contributed by atoms with Gasteiger partial charge in [0.25, 0.3) is 11.6 Å². The minimum atomic E-state index is -0.484. The Bertz CT molecular complexity index is 1010. The topological polar surface area (TPSA) is 103 Å². The molecule has 3 rings (SSSR count). The molecular formula is C18H19N5O3S. The molecule has 0 atom stereocenters. The number of hydrogen-bond donors (Lipinski definition) is 1. The van der Waals surface area contributed by atoms with Crippen molar-refractivity contribution in [3.63, 3.8) is 0 Å². The summed E-state index contributed by atoms with van der Waals surface area (Å²) >= 11 is 1.49. The van der Waals surface area contributed by atoms with Crippen molar-refractivity contribution in [1.29, 1.82) is 0 Å². The molecule has 0 saturated heterocycles. The van der Waals surface area contributed by atoms with E-state index in [2.05, 4.69) is 15.4 Å². The zero-order valence-corrected chi connectivity index (χ0v) is 16.0. The average Bonchev–Trinajstić information content (AvgIpc) is 3.20. The van der Waals surface area contributed by atoms with Crippen molar-refractivity contribution in [1.82, 2.24) is 20.1 Å². The van der Waals surface area contributed by atoms with Crippen LogP contribution in [0.4, 0.5) is 5.69 Å². The maximum Gasteiger partial charge on any atom is 0.273 e. The Morgan fingerprint density at radius 1 is 1.30 bits per heavy atom. The molecule has 3 aromatic rings. The highest BCUT2D eigenvalue weighted by Gasteiger charge is 2.15. The first-order valence-electron chi connectivity index (χ1n) is 8.36. The van der Waals surface area contributed by atoms with Gasteiger partial charge in [0.2, 0.25) is 5.13 Å². The predicted molar refractivity (Wildman–Crippen MR) is 103 cm³/mol. The number of benzene rings is 1. The molecule has 0 fully saturated rings. The molecule has 1 amide bonds. The van der Waals surface area contributed by atoms with E-state index in [9.17, 15) is 14.9 Å². The maximum absolute atomic E-state index is 12.2. The summed E-state index contributed by atoms with van der Waals surface area (Å²) in [6, 6.07) is 6.45. The summed E-state index contributed by atoms with van der Waals surface area (Å²) in [6.45, 7) is 5.94. The monoisotopic (exact) mass is 385 g/mol. The maximum atomic E-state index is 12.2. The van der Waals surface area contributed by atoms with Gasteiger partial charge in [0.15, 0.2) is 0 Å². The Hall–Kier alpha value is -3.07. The molecule has 0 aliphatic rings. The molecule has 0 unspecified atom stereocenters. The molecule has 0 bridgehead atoms. The van der Waals surface area contributed by atoms with E-state index in [4.69, 9.17) is 0 Å². The number of amides is 1. The number of nitrogens with one attached hydrogen (secondary N) is 1. The van der Waals surface area contributed by atoms with E-state index in [0.717, 1.165) is 22.2 Å². The average molecular weight is 385 g/mol. The van der Waals surface area contributed by atoms with Crippen LogP contribution in [0, 0.1) is 30.9 Å². The van der Waals surface area contributed by atoms with Crippen molar-refractivity contribution >= 4 is 22.9 Å². The molecule has 0 aliphatic heterocycles. The summed E-state index contributed by atoms with van der Waals surface area (Å²) in [5, 5.41) is 20.9. The quantitative estimate of drug-likeness (QED) is 0.519. The molecule has 0 spiro atoms. The minimum Gasteiger partial charge on any atom is -0.352 e. The van der Waals surface area contributed by atoms with E-state index in [0.29, 0.717) is 18.5 Å². The fourth-order valence-electron chi connectivity index (χ4n) is 2.68. The molecular weight excluding hydrogens is 366 g/mol. The number of aromatic nitrogens is 3. The summed E-state index contributed by atoms with van der Waals surface area (Å²) < 4.78 is 1.80. The second kappa shape index (κ2) is 7.67. The van der Waals surface area contributed by atoms with E-state index in [1.54, 1.807) is 23.7 Å². The molecule has 1 aromatic carbocycles.